The molecular formula is C52H33NO2. The van der Waals surface area contributed by atoms with E-state index in [1.807, 2.05) is 24.3 Å². The van der Waals surface area contributed by atoms with E-state index >= 15 is 0 Å². The van der Waals surface area contributed by atoms with Crippen molar-refractivity contribution in [1.29, 1.82) is 0 Å². The predicted molar refractivity (Wildman–Crippen MR) is 229 cm³/mol. The molecule has 0 unspecified atom stereocenters. The Morgan fingerprint density at radius 2 is 0.891 bits per heavy atom. The molecule has 0 aliphatic carbocycles. The number of furan rings is 2. The van der Waals surface area contributed by atoms with Crippen LogP contribution in [-0.4, -0.2) is 0 Å². The first-order valence-corrected chi connectivity index (χ1v) is 18.7. The molecule has 258 valence electrons. The monoisotopic (exact) mass is 703 g/mol. The molecule has 0 N–H and O–H groups in total. The van der Waals surface area contributed by atoms with Crippen LogP contribution in [0.5, 0.6) is 0 Å². The van der Waals surface area contributed by atoms with Crippen molar-refractivity contribution in [2.24, 2.45) is 0 Å². The van der Waals surface area contributed by atoms with Gasteiger partial charge in [0.25, 0.3) is 0 Å². The number of nitrogens with zero attached hydrogens (tertiary/aromatic N) is 1. The second-order valence-electron chi connectivity index (χ2n) is 14.1. The zero-order valence-electron chi connectivity index (χ0n) is 29.8. The molecule has 3 nitrogen and oxygen atoms in total. The summed E-state index contributed by atoms with van der Waals surface area (Å²) in [6, 6.07) is 71.2. The van der Waals surface area contributed by atoms with Gasteiger partial charge in [-0.1, -0.05) is 140 Å². The van der Waals surface area contributed by atoms with E-state index in [-0.39, 0.29) is 0 Å². The van der Waals surface area contributed by atoms with E-state index in [1.54, 1.807) is 0 Å². The van der Waals surface area contributed by atoms with Crippen LogP contribution in [0, 0.1) is 0 Å². The highest BCUT2D eigenvalue weighted by Gasteiger charge is 2.21. The van der Waals surface area contributed by atoms with Crippen LogP contribution in [0.15, 0.2) is 209 Å². The van der Waals surface area contributed by atoms with Crippen LogP contribution in [0.4, 0.5) is 17.1 Å². The molecule has 11 aromatic rings. The lowest BCUT2D eigenvalue weighted by molar-refractivity contribution is 0.668. The summed E-state index contributed by atoms with van der Waals surface area (Å²) in [6.45, 7) is 0. The number of rotatable bonds is 6. The zero-order chi connectivity index (χ0) is 36.3. The Balaban J connectivity index is 1.14. The molecule has 0 fully saturated rings. The van der Waals surface area contributed by atoms with Crippen molar-refractivity contribution in [2.75, 3.05) is 4.90 Å². The lowest BCUT2D eigenvalue weighted by Gasteiger charge is -2.29. The quantitative estimate of drug-likeness (QED) is 0.173. The summed E-state index contributed by atoms with van der Waals surface area (Å²) < 4.78 is 12.6. The molecule has 0 atom stereocenters. The minimum atomic E-state index is 0.868. The van der Waals surface area contributed by atoms with Crippen LogP contribution in [-0.2, 0) is 0 Å². The average molecular weight is 704 g/mol. The number of fused-ring (bicyclic) bond motifs is 7. The van der Waals surface area contributed by atoms with Gasteiger partial charge in [-0.05, 0) is 99.3 Å². The standard InChI is InChI=1S/C52H33NO2/c1-2-13-34(14-3-1)40-22-11-15-35-16-12-23-45(52(35)40)41-19-4-7-24-47(41)53(39-28-30-50-46(33-39)43-21-6-9-26-49(43)54-50)38-18-10-17-36(31-38)37-27-29-44-42-20-5-8-25-48(42)55-51(44)32-37/h1-33H. The molecular weight excluding hydrogens is 671 g/mol. The van der Waals surface area contributed by atoms with E-state index < -0.39 is 0 Å². The van der Waals surface area contributed by atoms with Gasteiger partial charge < -0.3 is 13.7 Å². The van der Waals surface area contributed by atoms with Crippen LogP contribution in [0.1, 0.15) is 0 Å². The lowest BCUT2D eigenvalue weighted by Crippen LogP contribution is -2.11. The van der Waals surface area contributed by atoms with Crippen molar-refractivity contribution in [3.63, 3.8) is 0 Å². The second-order valence-corrected chi connectivity index (χ2v) is 14.1. The Morgan fingerprint density at radius 1 is 0.309 bits per heavy atom. The summed E-state index contributed by atoms with van der Waals surface area (Å²) in [6.07, 6.45) is 0. The number of benzene rings is 9. The van der Waals surface area contributed by atoms with Crippen LogP contribution < -0.4 is 4.90 Å². The Kier molecular flexibility index (Phi) is 7.17. The molecule has 0 amide bonds. The summed E-state index contributed by atoms with van der Waals surface area (Å²) in [7, 11) is 0. The van der Waals surface area contributed by atoms with Crippen molar-refractivity contribution in [2.45, 2.75) is 0 Å². The first-order chi connectivity index (χ1) is 27.3. The second kappa shape index (κ2) is 12.6. The minimum Gasteiger partial charge on any atom is -0.456 e. The molecule has 0 aliphatic heterocycles. The number of anilines is 3. The normalized spacial score (nSPS) is 11.6. The molecule has 0 bridgehead atoms. The van der Waals surface area contributed by atoms with E-state index in [4.69, 9.17) is 8.83 Å². The largest absolute Gasteiger partial charge is 0.456 e. The van der Waals surface area contributed by atoms with Gasteiger partial charge in [0.1, 0.15) is 22.3 Å². The van der Waals surface area contributed by atoms with Crippen molar-refractivity contribution in [1.82, 2.24) is 0 Å². The summed E-state index contributed by atoms with van der Waals surface area (Å²) >= 11 is 0. The maximum Gasteiger partial charge on any atom is 0.136 e. The SMILES string of the molecule is c1ccc(-c2cccc3cccc(-c4ccccc4N(c4cccc(-c5ccc6c(c5)oc5ccccc56)c4)c4ccc5oc6ccccc6c5c4)c23)cc1. The molecule has 9 aromatic carbocycles. The summed E-state index contributed by atoms with van der Waals surface area (Å²) in [5.74, 6) is 0. The summed E-state index contributed by atoms with van der Waals surface area (Å²) in [5.41, 5.74) is 13.6. The first kappa shape index (κ1) is 31.2. The van der Waals surface area contributed by atoms with Gasteiger partial charge in [-0.2, -0.15) is 0 Å². The molecule has 0 spiro atoms. The maximum absolute atomic E-state index is 6.32. The van der Waals surface area contributed by atoms with Crippen LogP contribution in [0.3, 0.4) is 0 Å². The smallest absolute Gasteiger partial charge is 0.136 e. The molecule has 3 heteroatoms. The van der Waals surface area contributed by atoms with Gasteiger partial charge >= 0.3 is 0 Å². The number of hydrogen-bond acceptors (Lipinski definition) is 3. The molecule has 11 rings (SSSR count). The molecule has 0 radical (unpaired) electrons. The Hall–Kier alpha value is -7.36. The van der Waals surface area contributed by atoms with Gasteiger partial charge in [0.15, 0.2) is 0 Å². The van der Waals surface area contributed by atoms with Gasteiger partial charge in [-0.15, -0.1) is 0 Å². The van der Waals surface area contributed by atoms with Crippen LogP contribution >= 0.6 is 0 Å². The third-order valence-corrected chi connectivity index (χ3v) is 10.9. The number of hydrogen-bond donors (Lipinski definition) is 0. The molecule has 0 aliphatic rings. The van der Waals surface area contributed by atoms with Gasteiger partial charge in [-0.25, -0.2) is 0 Å². The Labute approximate surface area is 317 Å². The van der Waals surface area contributed by atoms with Crippen LogP contribution in [0.25, 0.3) is 88.0 Å². The van der Waals surface area contributed by atoms with Crippen molar-refractivity contribution in [3.8, 4) is 33.4 Å². The zero-order valence-corrected chi connectivity index (χ0v) is 29.8. The fourth-order valence-electron chi connectivity index (χ4n) is 8.33. The molecule has 2 aromatic heterocycles. The average Bonchev–Trinajstić information content (AvgIpc) is 3.82. The summed E-state index contributed by atoms with van der Waals surface area (Å²) in [4.78, 5) is 2.39. The minimum absolute atomic E-state index is 0.868. The van der Waals surface area contributed by atoms with Gasteiger partial charge in [0.2, 0.25) is 0 Å². The van der Waals surface area contributed by atoms with Crippen LogP contribution in [0.2, 0.25) is 0 Å². The van der Waals surface area contributed by atoms with Crippen molar-refractivity contribution < 1.29 is 8.83 Å². The van der Waals surface area contributed by atoms with Gasteiger partial charge in [-0.3, -0.25) is 0 Å². The topological polar surface area (TPSA) is 29.5 Å². The Morgan fingerprint density at radius 3 is 1.73 bits per heavy atom. The third kappa shape index (κ3) is 5.20. The fraction of sp³-hybridized carbons (Fsp3) is 0. The lowest BCUT2D eigenvalue weighted by atomic mass is 9.90. The van der Waals surface area contributed by atoms with Gasteiger partial charge in [0, 0.05) is 38.5 Å². The Bertz CT molecular complexity index is 3220. The molecule has 0 saturated carbocycles. The summed E-state index contributed by atoms with van der Waals surface area (Å²) in [5, 5.41) is 6.87. The van der Waals surface area contributed by atoms with E-state index in [0.29, 0.717) is 0 Å². The highest BCUT2D eigenvalue weighted by atomic mass is 16.3. The highest BCUT2D eigenvalue weighted by molar-refractivity contribution is 6.10. The van der Waals surface area contributed by atoms with Crippen molar-refractivity contribution >= 4 is 71.7 Å². The fourth-order valence-corrected chi connectivity index (χ4v) is 8.33. The number of para-hydroxylation sites is 3. The molecule has 0 saturated heterocycles. The molecule has 2 heterocycles. The van der Waals surface area contributed by atoms with Gasteiger partial charge in [0.05, 0.1) is 5.69 Å². The predicted octanol–water partition coefficient (Wildman–Crippen LogP) is 15.1. The molecule has 55 heavy (non-hydrogen) atoms. The maximum atomic E-state index is 6.32. The third-order valence-electron chi connectivity index (χ3n) is 10.9. The van der Waals surface area contributed by atoms with E-state index in [0.717, 1.165) is 77.6 Å². The van der Waals surface area contributed by atoms with Crippen molar-refractivity contribution in [3.05, 3.63) is 200 Å². The van der Waals surface area contributed by atoms with E-state index in [2.05, 4.69) is 181 Å². The highest BCUT2D eigenvalue weighted by Crippen LogP contribution is 2.46. The van der Waals surface area contributed by atoms with E-state index in [9.17, 15) is 0 Å². The first-order valence-electron chi connectivity index (χ1n) is 18.7. The van der Waals surface area contributed by atoms with E-state index in [1.165, 1.54) is 27.5 Å².